The van der Waals surface area contributed by atoms with Gasteiger partial charge in [0.25, 0.3) is 0 Å². The molecule has 0 amide bonds. The smallest absolute Gasteiger partial charge is 0 e. The van der Waals surface area contributed by atoms with Crippen molar-refractivity contribution in [2.24, 2.45) is 0 Å². The summed E-state index contributed by atoms with van der Waals surface area (Å²) in [5.74, 6) is 0. The molecule has 39 valence electrons. The van der Waals surface area contributed by atoms with Gasteiger partial charge in [0.05, 0.1) is 0 Å². The quantitative estimate of drug-likeness (QED) is 0.352. The van der Waals surface area contributed by atoms with Crippen molar-refractivity contribution in [3.8, 4) is 0 Å². The summed E-state index contributed by atoms with van der Waals surface area (Å²) in [6.07, 6.45) is 0. The van der Waals surface area contributed by atoms with Gasteiger partial charge in [0.15, 0.2) is 0 Å². The van der Waals surface area contributed by atoms with E-state index in [0.717, 1.165) is 0 Å². The van der Waals surface area contributed by atoms with E-state index in [-0.39, 0.29) is 48.1 Å². The van der Waals surface area contributed by atoms with Gasteiger partial charge in [-0.2, -0.15) is 8.42 Å². The first-order valence-electron chi connectivity index (χ1n) is 0.698. The van der Waals surface area contributed by atoms with Crippen molar-refractivity contribution < 1.29 is 36.1 Å². The van der Waals surface area contributed by atoms with Gasteiger partial charge in [-0.15, -0.1) is 0 Å². The molecule has 0 unspecified atom stereocenters. The summed E-state index contributed by atoms with van der Waals surface area (Å²) in [5.41, 5.74) is 0. The second kappa shape index (κ2) is 5.59. The van der Waals surface area contributed by atoms with Crippen LogP contribution in [0.2, 0.25) is 0 Å². The van der Waals surface area contributed by atoms with E-state index in [1.165, 1.54) is 0 Å². The molecule has 0 aromatic carbocycles. The average Bonchev–Trinajstić information content (AvgIpc) is 0.722. The molecule has 0 bridgehead atoms. The molecule has 4 nitrogen and oxygen atoms in total. The summed E-state index contributed by atoms with van der Waals surface area (Å²) in [4.78, 5) is 0. The predicted molar refractivity (Wildman–Crippen MR) is 21.3 cm³/mol. The summed E-state index contributed by atoms with van der Waals surface area (Å²) in [7, 11) is -4.67. The van der Waals surface area contributed by atoms with Crippen LogP contribution < -0.4 is 0 Å². The molecule has 0 heterocycles. The maximum absolute atomic E-state index is 8.74. The van der Waals surface area contributed by atoms with Crippen LogP contribution in [0.25, 0.3) is 0 Å². The summed E-state index contributed by atoms with van der Waals surface area (Å²) in [6.45, 7) is 0. The SMILES string of the molecule is O=S(=O)(O)O.[NaH].[V]. The minimum absolute atomic E-state index is 0. The Morgan fingerprint density at radius 3 is 1.14 bits per heavy atom. The van der Waals surface area contributed by atoms with Crippen molar-refractivity contribution in [1.29, 1.82) is 0 Å². The Bertz CT molecular complexity index is 94.9. The normalized spacial score (nSPS) is 8.29. The Hall–Kier alpha value is 1.45. The molecule has 0 aliphatic rings. The van der Waals surface area contributed by atoms with E-state index in [9.17, 15) is 0 Å². The van der Waals surface area contributed by atoms with Gasteiger partial charge >= 0.3 is 40.0 Å². The molecule has 0 aromatic rings. The second-order valence-electron chi connectivity index (χ2n) is 0.448. The van der Waals surface area contributed by atoms with Crippen LogP contribution in [0.1, 0.15) is 0 Å². The topological polar surface area (TPSA) is 74.6 Å². The summed E-state index contributed by atoms with van der Waals surface area (Å²) in [6, 6.07) is 0. The minimum Gasteiger partial charge on any atom is 0 e. The van der Waals surface area contributed by atoms with Gasteiger partial charge in [0.2, 0.25) is 0 Å². The molecule has 1 radical (unpaired) electrons. The van der Waals surface area contributed by atoms with Crippen molar-refractivity contribution in [2.45, 2.75) is 0 Å². The third kappa shape index (κ3) is 105. The summed E-state index contributed by atoms with van der Waals surface area (Å²) in [5, 5.41) is 0. The molecular weight excluding hydrogens is 170 g/mol. The van der Waals surface area contributed by atoms with Crippen LogP contribution in [0.4, 0.5) is 0 Å². The first-order chi connectivity index (χ1) is 2.00. The van der Waals surface area contributed by atoms with Gasteiger partial charge in [0, 0.05) is 18.6 Å². The van der Waals surface area contributed by atoms with Crippen molar-refractivity contribution in [2.75, 3.05) is 0 Å². The zero-order valence-corrected chi connectivity index (χ0v) is 4.78. The third-order valence-corrected chi connectivity index (χ3v) is 0. The van der Waals surface area contributed by atoms with Crippen LogP contribution in [-0.2, 0) is 29.0 Å². The molecule has 0 saturated heterocycles. The average molecular weight is 173 g/mol. The summed E-state index contributed by atoms with van der Waals surface area (Å²) < 4.78 is 31.6. The molecule has 0 spiro atoms. The zero-order valence-electron chi connectivity index (χ0n) is 2.57. The van der Waals surface area contributed by atoms with E-state index < -0.39 is 10.4 Å². The Morgan fingerprint density at radius 2 is 1.14 bits per heavy atom. The molecule has 0 rings (SSSR count). The molecular formula is H3NaO4SV. The van der Waals surface area contributed by atoms with Gasteiger partial charge in [-0.3, -0.25) is 9.11 Å². The molecule has 7 heteroatoms. The van der Waals surface area contributed by atoms with Crippen molar-refractivity contribution in [3.05, 3.63) is 0 Å². The zero-order chi connectivity index (χ0) is 4.50. The molecule has 0 aromatic heterocycles. The monoisotopic (exact) mass is 173 g/mol. The van der Waals surface area contributed by atoms with Gasteiger partial charge in [-0.05, 0) is 0 Å². The van der Waals surface area contributed by atoms with Crippen LogP contribution in [0.15, 0.2) is 0 Å². The molecule has 0 aliphatic carbocycles. The molecule has 0 atom stereocenters. The van der Waals surface area contributed by atoms with Crippen LogP contribution in [0.5, 0.6) is 0 Å². The van der Waals surface area contributed by atoms with E-state index in [1.807, 2.05) is 0 Å². The molecule has 0 aliphatic heterocycles. The largest absolute Gasteiger partial charge is 0 e. The standard InChI is InChI=1S/Na.H2O4S.V.H/c;1-5(2,3)4;;/h;(H2,1,2,3,4);;. The van der Waals surface area contributed by atoms with E-state index in [0.29, 0.717) is 0 Å². The Labute approximate surface area is 75.4 Å². The molecule has 2 N–H and O–H groups in total. The van der Waals surface area contributed by atoms with Crippen LogP contribution in [0, 0.1) is 0 Å². The number of hydrogen-bond donors (Lipinski definition) is 2. The Kier molecular flexibility index (Phi) is 12.6. The second-order valence-corrected chi connectivity index (χ2v) is 1.34. The van der Waals surface area contributed by atoms with Crippen LogP contribution >= 0.6 is 0 Å². The van der Waals surface area contributed by atoms with E-state index in [2.05, 4.69) is 0 Å². The van der Waals surface area contributed by atoms with Gasteiger partial charge in [-0.25, -0.2) is 0 Å². The molecule has 0 fully saturated rings. The third-order valence-electron chi connectivity index (χ3n) is 0. The number of hydrogen-bond acceptors (Lipinski definition) is 2. The van der Waals surface area contributed by atoms with Gasteiger partial charge in [0.1, 0.15) is 0 Å². The van der Waals surface area contributed by atoms with Crippen LogP contribution in [-0.4, -0.2) is 47.1 Å². The molecule has 7 heavy (non-hydrogen) atoms. The van der Waals surface area contributed by atoms with Crippen molar-refractivity contribution >= 4 is 40.0 Å². The fraction of sp³-hybridized carbons (Fsp3) is 0. The van der Waals surface area contributed by atoms with Gasteiger partial charge in [-0.1, -0.05) is 0 Å². The van der Waals surface area contributed by atoms with Crippen LogP contribution in [0.3, 0.4) is 0 Å². The molecule has 0 saturated carbocycles. The van der Waals surface area contributed by atoms with E-state index in [4.69, 9.17) is 17.5 Å². The summed E-state index contributed by atoms with van der Waals surface area (Å²) >= 11 is 0. The fourth-order valence-corrected chi connectivity index (χ4v) is 0. The Morgan fingerprint density at radius 1 is 1.14 bits per heavy atom. The maximum Gasteiger partial charge on any atom is 0 e. The first kappa shape index (κ1) is 15.8. The minimum atomic E-state index is -4.67. The number of rotatable bonds is 0. The van der Waals surface area contributed by atoms with Crippen molar-refractivity contribution in [1.82, 2.24) is 0 Å². The first-order valence-corrected chi connectivity index (χ1v) is 2.10. The van der Waals surface area contributed by atoms with Crippen molar-refractivity contribution in [3.63, 3.8) is 0 Å². The fourth-order valence-electron chi connectivity index (χ4n) is 0. The maximum atomic E-state index is 8.74. The predicted octanol–water partition coefficient (Wildman–Crippen LogP) is -1.30. The van der Waals surface area contributed by atoms with E-state index in [1.54, 1.807) is 0 Å². The van der Waals surface area contributed by atoms with E-state index >= 15 is 0 Å². The Balaban J connectivity index is -0.0000000800. The van der Waals surface area contributed by atoms with Gasteiger partial charge < -0.3 is 0 Å².